The van der Waals surface area contributed by atoms with E-state index in [9.17, 15) is 24.3 Å². The Labute approximate surface area is 338 Å². The number of hydrogen-bond donors (Lipinski definition) is 5. The van der Waals surface area contributed by atoms with Gasteiger partial charge in [0.2, 0.25) is 11.8 Å². The number of nitrogens with zero attached hydrogens (tertiary/aromatic N) is 8. The zero-order valence-corrected chi connectivity index (χ0v) is 33.4. The number of alkyl carbamates (subject to hydrolysis) is 1. The van der Waals surface area contributed by atoms with Gasteiger partial charge in [0, 0.05) is 24.2 Å². The molecule has 59 heavy (non-hydrogen) atoms. The van der Waals surface area contributed by atoms with Crippen molar-refractivity contribution in [1.29, 1.82) is 0 Å². The van der Waals surface area contributed by atoms with E-state index in [1.807, 2.05) is 64.1 Å². The van der Waals surface area contributed by atoms with E-state index in [-0.39, 0.29) is 35.7 Å². The summed E-state index contributed by atoms with van der Waals surface area (Å²) >= 11 is 0. The second kappa shape index (κ2) is 15.9. The van der Waals surface area contributed by atoms with Crippen molar-refractivity contribution in [2.24, 2.45) is 11.8 Å². The number of aromatic nitrogens is 8. The van der Waals surface area contributed by atoms with Crippen LogP contribution < -0.4 is 10.6 Å². The molecule has 2 saturated heterocycles. The van der Waals surface area contributed by atoms with Crippen LogP contribution >= 0.6 is 0 Å². The number of methoxy groups -OCH3 is 1. The van der Waals surface area contributed by atoms with E-state index in [0.29, 0.717) is 71.6 Å². The zero-order valence-electron chi connectivity index (χ0n) is 33.4. The first-order chi connectivity index (χ1) is 28.4. The number of amides is 4. The maximum absolute atomic E-state index is 13.6. The molecule has 5 N–H and O–H groups in total. The first kappa shape index (κ1) is 39.1. The van der Waals surface area contributed by atoms with E-state index >= 15 is 0 Å². The van der Waals surface area contributed by atoms with Crippen LogP contribution in [0, 0.1) is 11.8 Å². The summed E-state index contributed by atoms with van der Waals surface area (Å²) in [5.74, 6) is 0.346. The van der Waals surface area contributed by atoms with Crippen LogP contribution in [-0.2, 0) is 14.3 Å². The minimum atomic E-state index is -1.24. The lowest BCUT2D eigenvalue weighted by Crippen LogP contribution is -2.51. The van der Waals surface area contributed by atoms with Crippen LogP contribution in [0.4, 0.5) is 9.59 Å². The smallest absolute Gasteiger partial charge is 0.407 e. The summed E-state index contributed by atoms with van der Waals surface area (Å²) in [6, 6.07) is 9.84. The van der Waals surface area contributed by atoms with Crippen LogP contribution in [0.15, 0.2) is 48.8 Å². The number of ether oxygens (including phenoxy) is 1. The molecule has 6 aromatic rings. The molecular formula is C41H46N12O6. The molecule has 6 heterocycles. The van der Waals surface area contributed by atoms with Gasteiger partial charge in [0.1, 0.15) is 23.7 Å². The van der Waals surface area contributed by atoms with Gasteiger partial charge in [-0.2, -0.15) is 0 Å². The van der Waals surface area contributed by atoms with Gasteiger partial charge in [0.25, 0.3) is 0 Å². The lowest BCUT2D eigenvalue weighted by molar-refractivity contribution is -0.136. The van der Waals surface area contributed by atoms with E-state index in [4.69, 9.17) is 19.7 Å². The highest BCUT2D eigenvalue weighted by atomic mass is 16.5. The number of rotatable bonds is 10. The largest absolute Gasteiger partial charge is 0.465 e. The van der Waals surface area contributed by atoms with Crippen molar-refractivity contribution in [3.63, 3.8) is 0 Å². The number of benzene rings is 2. The van der Waals surface area contributed by atoms with Crippen molar-refractivity contribution in [3.8, 4) is 22.5 Å². The van der Waals surface area contributed by atoms with Crippen LogP contribution in [0.25, 0.3) is 55.9 Å². The number of H-pyrrole nitrogens is 2. The van der Waals surface area contributed by atoms with Crippen molar-refractivity contribution in [1.82, 2.24) is 60.3 Å². The average Bonchev–Trinajstić information content (AvgIpc) is 4.05. The number of hydrogen-bond acceptors (Lipinski definition) is 11. The molecule has 2 aliphatic rings. The third-order valence-electron chi connectivity index (χ3n) is 11.2. The van der Waals surface area contributed by atoms with Gasteiger partial charge < -0.3 is 40.2 Å². The van der Waals surface area contributed by atoms with Crippen molar-refractivity contribution in [2.75, 3.05) is 20.2 Å². The minimum absolute atomic E-state index is 0.141. The third-order valence-corrected chi connectivity index (χ3v) is 11.2. The molecule has 18 nitrogen and oxygen atoms in total. The maximum atomic E-state index is 13.6. The fourth-order valence-corrected chi connectivity index (χ4v) is 8.11. The maximum Gasteiger partial charge on any atom is 0.407 e. The molecule has 2 unspecified atom stereocenters. The van der Waals surface area contributed by atoms with Crippen molar-refractivity contribution in [2.45, 2.75) is 77.5 Å². The lowest BCUT2D eigenvalue weighted by Gasteiger charge is -2.29. The summed E-state index contributed by atoms with van der Waals surface area (Å²) in [5.41, 5.74) is 4.93. The van der Waals surface area contributed by atoms with Crippen LogP contribution in [0.2, 0.25) is 0 Å². The zero-order chi connectivity index (χ0) is 41.5. The SMILES string of the molecule is COC(=O)NC(C(=O)N1CCC[C@H]1c1nc2ncc(-c3ccc4cc(-c5cnc6nc([C@@H]7CCCN7C(=O)C(NC(=O)O)C(C)C)[nH]c6n5)ccc4c3)nc2[nH]1)C(C)C. The van der Waals surface area contributed by atoms with Crippen LogP contribution in [-0.4, -0.2) is 111 Å². The highest BCUT2D eigenvalue weighted by molar-refractivity contribution is 5.91. The van der Waals surface area contributed by atoms with E-state index in [0.717, 1.165) is 34.7 Å². The molecule has 18 heteroatoms. The van der Waals surface area contributed by atoms with Gasteiger partial charge >= 0.3 is 12.2 Å². The highest BCUT2D eigenvalue weighted by Crippen LogP contribution is 2.35. The Bertz CT molecular complexity index is 2590. The molecular weight excluding hydrogens is 757 g/mol. The van der Waals surface area contributed by atoms with Gasteiger partial charge in [-0.25, -0.2) is 39.5 Å². The average molecular weight is 803 g/mol. The highest BCUT2D eigenvalue weighted by Gasteiger charge is 2.39. The Morgan fingerprint density at radius 1 is 0.712 bits per heavy atom. The lowest BCUT2D eigenvalue weighted by atomic mass is 10.0. The number of fused-ring (bicyclic) bond motifs is 3. The number of likely N-dealkylation sites (tertiary alicyclic amines) is 2. The fraction of sp³-hybridized carbons (Fsp3) is 0.415. The van der Waals surface area contributed by atoms with Gasteiger partial charge in [0.15, 0.2) is 22.6 Å². The quantitative estimate of drug-likeness (QED) is 0.115. The monoisotopic (exact) mass is 802 g/mol. The molecule has 4 aromatic heterocycles. The first-order valence-corrected chi connectivity index (χ1v) is 19.8. The number of nitrogens with one attached hydrogen (secondary N) is 4. The molecule has 0 saturated carbocycles. The molecule has 8 rings (SSSR count). The Balaban J connectivity index is 0.997. The molecule has 4 atom stereocenters. The normalized spacial score (nSPS) is 17.9. The minimum Gasteiger partial charge on any atom is -0.465 e. The summed E-state index contributed by atoms with van der Waals surface area (Å²) in [6.45, 7) is 8.43. The van der Waals surface area contributed by atoms with Crippen molar-refractivity contribution >= 4 is 57.4 Å². The second-order valence-corrected chi connectivity index (χ2v) is 15.8. The molecule has 0 bridgehead atoms. The molecule has 0 spiro atoms. The predicted molar refractivity (Wildman–Crippen MR) is 217 cm³/mol. The van der Waals surface area contributed by atoms with E-state index < -0.39 is 24.3 Å². The number of carboxylic acid groups (broad SMARTS) is 1. The second-order valence-electron chi connectivity index (χ2n) is 15.8. The summed E-state index contributed by atoms with van der Waals surface area (Å²) in [4.78, 5) is 88.8. The molecule has 0 aliphatic carbocycles. The summed E-state index contributed by atoms with van der Waals surface area (Å²) in [6.07, 6.45) is 4.45. The van der Waals surface area contributed by atoms with Crippen LogP contribution in [0.1, 0.15) is 77.1 Å². The van der Waals surface area contributed by atoms with Gasteiger partial charge in [-0.15, -0.1) is 0 Å². The first-order valence-electron chi connectivity index (χ1n) is 19.8. The van der Waals surface area contributed by atoms with E-state index in [2.05, 4.69) is 35.6 Å². The van der Waals surface area contributed by atoms with Gasteiger partial charge in [-0.3, -0.25) is 9.59 Å². The molecule has 4 amide bonds. The fourth-order valence-electron chi connectivity index (χ4n) is 8.11. The Kier molecular flexibility index (Phi) is 10.5. The molecule has 306 valence electrons. The number of carbonyl (C=O) groups is 4. The van der Waals surface area contributed by atoms with Gasteiger partial charge in [-0.1, -0.05) is 52.0 Å². The molecule has 2 aromatic carbocycles. The van der Waals surface area contributed by atoms with E-state index in [1.165, 1.54) is 7.11 Å². The Hall–Kier alpha value is -6.72. The standard InChI is InChI=1S/C41H46N12O6/c1-20(2)30(46-40(56)57)38(54)52-14-6-8-28(52)32-48-34-36(50-32)44-26(18-42-34)24-12-10-23-17-25(13-11-22(23)16-24)27-19-43-35-37(45-27)51-33(49-35)29-9-7-15-53(29)39(55)31(21(3)4)47-41(58)59-5/h10-13,16-21,28-31,46H,6-9,14-15H2,1-5H3,(H,47,58)(H,56,57)(H,42,44,48,50)(H,43,45,49,51)/t28-,29-,30?,31?/m0/s1. The predicted octanol–water partition coefficient (Wildman–Crippen LogP) is 5.51. The number of carbonyl (C=O) groups excluding carboxylic acids is 3. The Morgan fingerprint density at radius 2 is 1.17 bits per heavy atom. The number of aromatic amines is 2. The van der Waals surface area contributed by atoms with E-state index in [1.54, 1.807) is 22.2 Å². The molecule has 2 fully saturated rings. The van der Waals surface area contributed by atoms with Crippen LogP contribution in [0.5, 0.6) is 0 Å². The summed E-state index contributed by atoms with van der Waals surface area (Å²) in [5, 5.41) is 16.3. The topological polar surface area (TPSA) is 237 Å². The summed E-state index contributed by atoms with van der Waals surface area (Å²) in [7, 11) is 1.27. The van der Waals surface area contributed by atoms with Crippen LogP contribution in [0.3, 0.4) is 0 Å². The van der Waals surface area contributed by atoms with Crippen molar-refractivity contribution in [3.05, 3.63) is 60.4 Å². The molecule has 0 radical (unpaired) electrons. The third kappa shape index (κ3) is 7.69. The van der Waals surface area contributed by atoms with Crippen molar-refractivity contribution < 1.29 is 29.0 Å². The van der Waals surface area contributed by atoms with Gasteiger partial charge in [-0.05, 0) is 60.4 Å². The number of imidazole rings is 2. The summed E-state index contributed by atoms with van der Waals surface area (Å²) < 4.78 is 4.76. The Morgan fingerprint density at radius 3 is 1.59 bits per heavy atom. The van der Waals surface area contributed by atoms with Gasteiger partial charge in [0.05, 0.1) is 43.0 Å². The molecule has 2 aliphatic heterocycles.